The Kier molecular flexibility index (Phi) is 8.98. The van der Waals surface area contributed by atoms with Gasteiger partial charge in [-0.2, -0.15) is 0 Å². The molecular formula is C24H31FIN3O3. The van der Waals surface area contributed by atoms with Gasteiger partial charge in [0.25, 0.3) is 0 Å². The molecule has 1 fully saturated rings. The first-order chi connectivity index (χ1) is 15.2. The van der Waals surface area contributed by atoms with Gasteiger partial charge in [0.15, 0.2) is 17.5 Å². The summed E-state index contributed by atoms with van der Waals surface area (Å²) in [6, 6.07) is 12.7. The molecule has 2 N–H and O–H groups in total. The predicted molar refractivity (Wildman–Crippen MR) is 135 cm³/mol. The quantitative estimate of drug-likeness (QED) is 0.318. The van der Waals surface area contributed by atoms with Gasteiger partial charge in [-0.15, -0.1) is 24.0 Å². The number of hydrogen-bond acceptors (Lipinski definition) is 4. The van der Waals surface area contributed by atoms with Gasteiger partial charge in [0.1, 0.15) is 5.82 Å². The molecule has 174 valence electrons. The van der Waals surface area contributed by atoms with Crippen LogP contribution < -0.4 is 20.1 Å². The summed E-state index contributed by atoms with van der Waals surface area (Å²) >= 11 is 0. The van der Waals surface area contributed by atoms with E-state index >= 15 is 0 Å². The third-order valence-electron chi connectivity index (χ3n) is 5.78. The van der Waals surface area contributed by atoms with E-state index in [1.807, 2.05) is 31.2 Å². The van der Waals surface area contributed by atoms with Crippen molar-refractivity contribution in [3.05, 3.63) is 53.8 Å². The largest absolute Gasteiger partial charge is 0.490 e. The van der Waals surface area contributed by atoms with Crippen LogP contribution in [0.2, 0.25) is 0 Å². The zero-order valence-corrected chi connectivity index (χ0v) is 20.7. The molecule has 6 nitrogen and oxygen atoms in total. The van der Waals surface area contributed by atoms with E-state index in [0.29, 0.717) is 38.9 Å². The van der Waals surface area contributed by atoms with E-state index < -0.39 is 0 Å². The summed E-state index contributed by atoms with van der Waals surface area (Å²) in [6.45, 7) is 5.91. The van der Waals surface area contributed by atoms with Crippen LogP contribution in [-0.4, -0.2) is 45.5 Å². The lowest BCUT2D eigenvalue weighted by atomic mass is 9.74. The number of ether oxygens (including phenoxy) is 3. The fourth-order valence-corrected chi connectivity index (χ4v) is 4.03. The molecule has 2 aliphatic heterocycles. The third kappa shape index (κ3) is 6.04. The first-order valence-corrected chi connectivity index (χ1v) is 11.0. The molecule has 2 aromatic carbocycles. The van der Waals surface area contributed by atoms with Gasteiger partial charge >= 0.3 is 0 Å². The van der Waals surface area contributed by atoms with Crippen LogP contribution >= 0.6 is 24.0 Å². The minimum absolute atomic E-state index is 0. The number of hydrogen-bond donors (Lipinski definition) is 2. The topological polar surface area (TPSA) is 64.1 Å². The van der Waals surface area contributed by atoms with Gasteiger partial charge in [-0.3, -0.25) is 4.99 Å². The molecule has 0 unspecified atom stereocenters. The normalized spacial score (nSPS) is 17.6. The van der Waals surface area contributed by atoms with Gasteiger partial charge in [-0.1, -0.05) is 12.1 Å². The molecule has 0 aliphatic carbocycles. The Morgan fingerprint density at radius 2 is 1.81 bits per heavy atom. The average molecular weight is 555 g/mol. The molecule has 0 amide bonds. The van der Waals surface area contributed by atoms with Crippen molar-refractivity contribution < 1.29 is 18.6 Å². The zero-order valence-electron chi connectivity index (χ0n) is 18.4. The summed E-state index contributed by atoms with van der Waals surface area (Å²) in [4.78, 5) is 4.89. The number of nitrogens with zero attached hydrogens (tertiary/aromatic N) is 1. The molecule has 2 aliphatic rings. The Balaban J connectivity index is 0.00000289. The van der Waals surface area contributed by atoms with Crippen LogP contribution in [0.3, 0.4) is 0 Å². The van der Waals surface area contributed by atoms with Crippen molar-refractivity contribution in [3.63, 3.8) is 0 Å². The number of halogens is 2. The van der Waals surface area contributed by atoms with Crippen molar-refractivity contribution in [2.75, 3.05) is 44.8 Å². The van der Waals surface area contributed by atoms with Gasteiger partial charge in [0.2, 0.25) is 0 Å². The number of rotatable bonds is 5. The SMILES string of the molecule is CCNC(=NCC1(c2cccc(F)c2)CCOCC1)Nc1ccc2c(c1)OCCCO2.I. The molecule has 8 heteroatoms. The maximum atomic E-state index is 14.0. The van der Waals surface area contributed by atoms with E-state index in [1.165, 1.54) is 6.07 Å². The standard InChI is InChI=1S/C24H30FN3O3.HI/c1-2-26-23(28-20-7-8-21-22(16-20)31-12-4-11-30-21)27-17-24(9-13-29-14-10-24)18-5-3-6-19(25)15-18;/h3,5-8,15-16H,2,4,9-14,17H2,1H3,(H2,26,27,28);1H. The highest BCUT2D eigenvalue weighted by Gasteiger charge is 2.34. The minimum atomic E-state index is -0.243. The number of benzene rings is 2. The molecule has 0 radical (unpaired) electrons. The van der Waals surface area contributed by atoms with Crippen molar-refractivity contribution in [3.8, 4) is 11.5 Å². The lowest BCUT2D eigenvalue weighted by Gasteiger charge is -2.36. The Morgan fingerprint density at radius 3 is 2.56 bits per heavy atom. The zero-order chi connectivity index (χ0) is 21.5. The van der Waals surface area contributed by atoms with Crippen molar-refractivity contribution >= 4 is 35.6 Å². The van der Waals surface area contributed by atoms with E-state index in [-0.39, 0.29) is 35.2 Å². The second kappa shape index (κ2) is 11.7. The van der Waals surface area contributed by atoms with Crippen LogP contribution in [0.4, 0.5) is 10.1 Å². The van der Waals surface area contributed by atoms with Crippen LogP contribution in [-0.2, 0) is 10.2 Å². The number of fused-ring (bicyclic) bond motifs is 1. The monoisotopic (exact) mass is 555 g/mol. The Morgan fingerprint density at radius 1 is 1.03 bits per heavy atom. The van der Waals surface area contributed by atoms with Crippen molar-refractivity contribution in [2.45, 2.75) is 31.6 Å². The fraction of sp³-hybridized carbons (Fsp3) is 0.458. The highest BCUT2D eigenvalue weighted by atomic mass is 127. The maximum absolute atomic E-state index is 14.0. The maximum Gasteiger partial charge on any atom is 0.195 e. The highest BCUT2D eigenvalue weighted by Crippen LogP contribution is 2.36. The lowest BCUT2D eigenvalue weighted by Crippen LogP contribution is -2.39. The van der Waals surface area contributed by atoms with Crippen LogP contribution in [0.25, 0.3) is 0 Å². The van der Waals surface area contributed by atoms with Crippen LogP contribution in [0.15, 0.2) is 47.5 Å². The summed E-state index contributed by atoms with van der Waals surface area (Å²) in [6.07, 6.45) is 2.49. The number of aliphatic imine (C=N–C) groups is 1. The molecule has 4 rings (SSSR count). The molecule has 0 saturated carbocycles. The average Bonchev–Trinajstić information content (AvgIpc) is 3.03. The van der Waals surface area contributed by atoms with Crippen molar-refractivity contribution in [1.82, 2.24) is 5.32 Å². The van der Waals surface area contributed by atoms with E-state index in [0.717, 1.165) is 48.6 Å². The molecule has 2 heterocycles. The van der Waals surface area contributed by atoms with Gasteiger partial charge in [0, 0.05) is 43.3 Å². The number of nitrogens with one attached hydrogen (secondary N) is 2. The third-order valence-corrected chi connectivity index (χ3v) is 5.78. The predicted octanol–water partition coefficient (Wildman–Crippen LogP) is 4.73. The summed E-state index contributed by atoms with van der Waals surface area (Å²) in [7, 11) is 0. The molecule has 1 saturated heterocycles. The summed E-state index contributed by atoms with van der Waals surface area (Å²) < 4.78 is 31.1. The lowest BCUT2D eigenvalue weighted by molar-refractivity contribution is 0.0530. The van der Waals surface area contributed by atoms with E-state index in [1.54, 1.807) is 12.1 Å². The van der Waals surface area contributed by atoms with Crippen molar-refractivity contribution in [1.29, 1.82) is 0 Å². The number of guanidine groups is 1. The Bertz CT molecular complexity index is 919. The van der Waals surface area contributed by atoms with Gasteiger partial charge in [0.05, 0.1) is 19.8 Å². The molecule has 0 atom stereocenters. The van der Waals surface area contributed by atoms with Crippen LogP contribution in [0.1, 0.15) is 31.7 Å². The molecule has 32 heavy (non-hydrogen) atoms. The molecule has 0 bridgehead atoms. The van der Waals surface area contributed by atoms with Gasteiger partial charge < -0.3 is 24.8 Å². The van der Waals surface area contributed by atoms with E-state index in [4.69, 9.17) is 19.2 Å². The number of anilines is 1. The Hall–Kier alpha value is -2.07. The minimum Gasteiger partial charge on any atom is -0.490 e. The Labute approximate surface area is 206 Å². The molecule has 2 aromatic rings. The second-order valence-electron chi connectivity index (χ2n) is 7.94. The fourth-order valence-electron chi connectivity index (χ4n) is 4.03. The van der Waals surface area contributed by atoms with Crippen LogP contribution in [0.5, 0.6) is 11.5 Å². The second-order valence-corrected chi connectivity index (χ2v) is 7.94. The van der Waals surface area contributed by atoms with Gasteiger partial charge in [-0.25, -0.2) is 4.39 Å². The highest BCUT2D eigenvalue weighted by molar-refractivity contribution is 14.0. The van der Waals surface area contributed by atoms with Crippen molar-refractivity contribution in [2.24, 2.45) is 4.99 Å². The summed E-state index contributed by atoms with van der Waals surface area (Å²) in [5, 5.41) is 6.67. The van der Waals surface area contributed by atoms with Gasteiger partial charge in [-0.05, 0) is 49.6 Å². The van der Waals surface area contributed by atoms with E-state index in [9.17, 15) is 4.39 Å². The summed E-state index contributed by atoms with van der Waals surface area (Å²) in [5.74, 6) is 1.96. The first-order valence-electron chi connectivity index (χ1n) is 11.0. The molecular weight excluding hydrogens is 524 g/mol. The molecule has 0 spiro atoms. The summed E-state index contributed by atoms with van der Waals surface area (Å²) in [5.41, 5.74) is 1.61. The van der Waals surface area contributed by atoms with E-state index in [2.05, 4.69) is 10.6 Å². The first kappa shape index (κ1) is 24.6. The van der Waals surface area contributed by atoms with Crippen LogP contribution in [0, 0.1) is 5.82 Å². The molecule has 0 aromatic heterocycles. The smallest absolute Gasteiger partial charge is 0.195 e.